The lowest BCUT2D eigenvalue weighted by Crippen LogP contribution is -2.19. The number of hydrogen-bond donors (Lipinski definition) is 1. The van der Waals surface area contributed by atoms with Crippen molar-refractivity contribution in [3.63, 3.8) is 0 Å². The van der Waals surface area contributed by atoms with E-state index >= 15 is 0 Å². The van der Waals surface area contributed by atoms with Crippen LogP contribution in [0.25, 0.3) is 0 Å². The number of carboxylic acids is 1. The first-order valence-electron chi connectivity index (χ1n) is 5.32. The summed E-state index contributed by atoms with van der Waals surface area (Å²) in [5.41, 5.74) is 2.42. The van der Waals surface area contributed by atoms with Crippen molar-refractivity contribution in [1.82, 2.24) is 0 Å². The summed E-state index contributed by atoms with van der Waals surface area (Å²) in [5, 5.41) is 9.03. The maximum absolute atomic E-state index is 11.0. The van der Waals surface area contributed by atoms with E-state index in [9.17, 15) is 4.79 Å². The molecule has 17 heavy (non-hydrogen) atoms. The Morgan fingerprint density at radius 2 is 1.94 bits per heavy atom. The summed E-state index contributed by atoms with van der Waals surface area (Å²) in [7, 11) is 0. The van der Waals surface area contributed by atoms with Crippen LogP contribution in [-0.2, 0) is 4.79 Å². The first kappa shape index (κ1) is 11.7. The van der Waals surface area contributed by atoms with Crippen molar-refractivity contribution in [3.8, 4) is 0 Å². The topological polar surface area (TPSA) is 37.3 Å². The Morgan fingerprint density at radius 1 is 1.29 bits per heavy atom. The van der Waals surface area contributed by atoms with Gasteiger partial charge in [-0.1, -0.05) is 54.2 Å². The van der Waals surface area contributed by atoms with Crippen LogP contribution in [0.15, 0.2) is 48.1 Å². The summed E-state index contributed by atoms with van der Waals surface area (Å²) < 4.78 is 0. The van der Waals surface area contributed by atoms with Crippen molar-refractivity contribution in [3.05, 3.63) is 59.2 Å². The number of benzene rings is 1. The first-order valence-corrected chi connectivity index (χ1v) is 5.73. The van der Waals surface area contributed by atoms with Gasteiger partial charge in [0.05, 0.1) is 5.57 Å². The zero-order chi connectivity index (χ0) is 12.4. The Morgan fingerprint density at radius 3 is 2.53 bits per heavy atom. The van der Waals surface area contributed by atoms with Gasteiger partial charge in [-0.05, 0) is 18.6 Å². The average molecular weight is 244 g/mol. The van der Waals surface area contributed by atoms with E-state index in [1.165, 1.54) is 5.56 Å². The monoisotopic (exact) mass is 244 g/mol. The third-order valence-electron chi connectivity index (χ3n) is 2.78. The molecule has 0 aromatic heterocycles. The number of carboxylic acid groups (broad SMARTS) is 1. The molecule has 0 radical (unpaired) electrons. The molecule has 1 N–H and O–H groups in total. The molecule has 1 aliphatic carbocycles. The van der Waals surface area contributed by atoms with Crippen molar-refractivity contribution < 1.29 is 9.90 Å². The number of thiocarbonyl (C=S) groups is 1. The highest BCUT2D eigenvalue weighted by Gasteiger charge is 2.23. The predicted octanol–water partition coefficient (Wildman–Crippen LogP) is 3.03. The summed E-state index contributed by atoms with van der Waals surface area (Å²) in [4.78, 5) is 11.5. The molecule has 0 unspecified atom stereocenters. The third kappa shape index (κ3) is 2.34. The second kappa shape index (κ2) is 4.63. The van der Waals surface area contributed by atoms with E-state index in [1.807, 2.05) is 37.3 Å². The maximum Gasteiger partial charge on any atom is 0.336 e. The highest BCUT2D eigenvalue weighted by molar-refractivity contribution is 7.81. The van der Waals surface area contributed by atoms with Gasteiger partial charge in [0.2, 0.25) is 0 Å². The van der Waals surface area contributed by atoms with Crippen LogP contribution >= 0.6 is 12.2 Å². The molecule has 1 aliphatic rings. The van der Waals surface area contributed by atoms with Crippen molar-refractivity contribution >= 4 is 23.1 Å². The van der Waals surface area contributed by atoms with Crippen molar-refractivity contribution in [2.24, 2.45) is 0 Å². The molecule has 1 aromatic carbocycles. The zero-order valence-corrected chi connectivity index (χ0v) is 10.2. The summed E-state index contributed by atoms with van der Waals surface area (Å²) in [6.07, 6.45) is 5.23. The van der Waals surface area contributed by atoms with Crippen LogP contribution in [-0.4, -0.2) is 15.9 Å². The second-order valence-electron chi connectivity index (χ2n) is 4.02. The highest BCUT2D eigenvalue weighted by Crippen LogP contribution is 2.27. The molecule has 2 rings (SSSR count). The number of carbonyl (C=O) groups is 1. The molecule has 0 amide bonds. The lowest BCUT2D eigenvalue weighted by Gasteiger charge is -2.18. The molecule has 0 spiro atoms. The Balaban J connectivity index is 2.34. The normalized spacial score (nSPS) is 19.0. The van der Waals surface area contributed by atoms with Crippen molar-refractivity contribution in [2.75, 3.05) is 0 Å². The van der Waals surface area contributed by atoms with E-state index in [1.54, 1.807) is 12.2 Å². The minimum Gasteiger partial charge on any atom is -0.478 e. The van der Waals surface area contributed by atoms with Gasteiger partial charge in [0.15, 0.2) is 0 Å². The Hall–Kier alpha value is -1.74. The van der Waals surface area contributed by atoms with E-state index in [0.717, 1.165) is 5.56 Å². The number of aliphatic carboxylic acids is 1. The molecular weight excluding hydrogens is 232 g/mol. The van der Waals surface area contributed by atoms with E-state index in [4.69, 9.17) is 17.3 Å². The van der Waals surface area contributed by atoms with Gasteiger partial charge < -0.3 is 5.11 Å². The Kier molecular flexibility index (Phi) is 3.20. The van der Waals surface area contributed by atoms with Gasteiger partial charge in [0.1, 0.15) is 0 Å². The molecule has 0 fully saturated rings. The van der Waals surface area contributed by atoms with Gasteiger partial charge in [-0.25, -0.2) is 4.79 Å². The molecule has 86 valence electrons. The van der Waals surface area contributed by atoms with Gasteiger partial charge in [-0.3, -0.25) is 0 Å². The average Bonchev–Trinajstić information content (AvgIpc) is 2.30. The summed E-state index contributed by atoms with van der Waals surface area (Å²) in [6, 6.07) is 7.98. The van der Waals surface area contributed by atoms with Gasteiger partial charge in [0.25, 0.3) is 0 Å². The minimum absolute atomic E-state index is 0.110. The van der Waals surface area contributed by atoms with E-state index in [0.29, 0.717) is 4.86 Å². The van der Waals surface area contributed by atoms with Crippen molar-refractivity contribution in [1.29, 1.82) is 0 Å². The summed E-state index contributed by atoms with van der Waals surface area (Å²) >= 11 is 5.24. The lowest BCUT2D eigenvalue weighted by atomic mass is 9.87. The quantitative estimate of drug-likeness (QED) is 0.812. The van der Waals surface area contributed by atoms with Gasteiger partial charge in [0, 0.05) is 10.8 Å². The molecule has 0 bridgehead atoms. The smallest absolute Gasteiger partial charge is 0.336 e. The Labute approximate surface area is 105 Å². The number of allylic oxidation sites excluding steroid dienone is 3. The molecule has 0 saturated carbocycles. The first-order chi connectivity index (χ1) is 8.09. The maximum atomic E-state index is 11.0. The Bertz CT molecular complexity index is 524. The van der Waals surface area contributed by atoms with Crippen LogP contribution in [0, 0.1) is 6.92 Å². The molecule has 1 aromatic rings. The second-order valence-corrected chi connectivity index (χ2v) is 4.46. The third-order valence-corrected chi connectivity index (χ3v) is 3.26. The van der Waals surface area contributed by atoms with Crippen molar-refractivity contribution in [2.45, 2.75) is 12.8 Å². The fourth-order valence-corrected chi connectivity index (χ4v) is 2.18. The van der Waals surface area contributed by atoms with Crippen LogP contribution in [0.3, 0.4) is 0 Å². The molecule has 3 heteroatoms. The van der Waals surface area contributed by atoms with Gasteiger partial charge in [-0.15, -0.1) is 0 Å². The highest BCUT2D eigenvalue weighted by atomic mass is 32.1. The fourth-order valence-electron chi connectivity index (χ4n) is 1.81. The molecular formula is C14H12O2S. The molecule has 0 saturated heterocycles. The predicted molar refractivity (Wildman–Crippen MR) is 71.4 cm³/mol. The molecule has 0 aliphatic heterocycles. The summed E-state index contributed by atoms with van der Waals surface area (Å²) in [6.45, 7) is 2.02. The number of aryl methyl sites for hydroxylation is 1. The van der Waals surface area contributed by atoms with Crippen LogP contribution in [0.1, 0.15) is 17.0 Å². The van der Waals surface area contributed by atoms with Crippen LogP contribution < -0.4 is 0 Å². The zero-order valence-electron chi connectivity index (χ0n) is 9.38. The minimum atomic E-state index is -0.962. The standard InChI is InChI=1S/C14H12O2S/c1-9-5-7-10(8-6-9)11-3-2-4-12(13(11)17)14(15)16/h2-8,11H,1H3,(H,15,16)/t11-/m0/s1. The number of rotatable bonds is 2. The lowest BCUT2D eigenvalue weighted by molar-refractivity contribution is -0.132. The van der Waals surface area contributed by atoms with Gasteiger partial charge in [-0.2, -0.15) is 0 Å². The summed E-state index contributed by atoms with van der Waals surface area (Å²) in [5.74, 6) is -1.07. The molecule has 1 atom stereocenters. The fraction of sp³-hybridized carbons (Fsp3) is 0.143. The molecule has 0 heterocycles. The molecule has 2 nitrogen and oxygen atoms in total. The van der Waals surface area contributed by atoms with E-state index in [2.05, 4.69) is 0 Å². The largest absolute Gasteiger partial charge is 0.478 e. The van der Waals surface area contributed by atoms with E-state index in [-0.39, 0.29) is 11.5 Å². The van der Waals surface area contributed by atoms with Gasteiger partial charge >= 0.3 is 5.97 Å². The number of hydrogen-bond acceptors (Lipinski definition) is 2. The van der Waals surface area contributed by atoms with Crippen LogP contribution in [0.4, 0.5) is 0 Å². The SMILES string of the molecule is Cc1ccc([C@@H]2C=CC=C(C(=O)O)C2=S)cc1. The van der Waals surface area contributed by atoms with Crippen LogP contribution in [0.5, 0.6) is 0 Å². The van der Waals surface area contributed by atoms with Crippen LogP contribution in [0.2, 0.25) is 0 Å². The van der Waals surface area contributed by atoms with E-state index < -0.39 is 5.97 Å².